The summed E-state index contributed by atoms with van der Waals surface area (Å²) in [5.74, 6) is 0. The smallest absolute Gasteiger partial charge is 0.390 e. The average Bonchev–Trinajstić information content (AvgIpc) is 2.47. The molecule has 1 aromatic carbocycles. The summed E-state index contributed by atoms with van der Waals surface area (Å²) < 4.78 is 36.4. The van der Waals surface area contributed by atoms with E-state index >= 15 is 0 Å². The first kappa shape index (κ1) is 17.1. The quantitative estimate of drug-likeness (QED) is 0.875. The molecule has 0 spiro atoms. The van der Waals surface area contributed by atoms with Crippen LogP contribution in [0, 0.1) is 0 Å². The zero-order valence-electron chi connectivity index (χ0n) is 12.7. The summed E-state index contributed by atoms with van der Waals surface area (Å²) in [5.41, 5.74) is 2.07. The van der Waals surface area contributed by atoms with Crippen molar-refractivity contribution in [2.45, 2.75) is 44.5 Å². The molecule has 2 rings (SSSR count). The summed E-state index contributed by atoms with van der Waals surface area (Å²) in [6.45, 7) is 3.46. The highest BCUT2D eigenvalue weighted by Crippen LogP contribution is 2.23. The molecule has 124 valence electrons. The highest BCUT2D eigenvalue weighted by atomic mass is 19.4. The summed E-state index contributed by atoms with van der Waals surface area (Å²) >= 11 is 0. The van der Waals surface area contributed by atoms with E-state index in [1.807, 2.05) is 31.2 Å². The second-order valence-corrected chi connectivity index (χ2v) is 5.85. The minimum absolute atomic E-state index is 0.0730. The van der Waals surface area contributed by atoms with Gasteiger partial charge >= 0.3 is 6.18 Å². The van der Waals surface area contributed by atoms with Crippen LogP contribution in [0.1, 0.15) is 37.8 Å². The van der Waals surface area contributed by atoms with Gasteiger partial charge in [-0.25, -0.2) is 0 Å². The third-order valence-corrected chi connectivity index (χ3v) is 4.08. The van der Waals surface area contributed by atoms with Crippen LogP contribution in [0.15, 0.2) is 24.3 Å². The summed E-state index contributed by atoms with van der Waals surface area (Å²) in [7, 11) is 0. The molecule has 0 bridgehead atoms. The van der Waals surface area contributed by atoms with Gasteiger partial charge in [-0.1, -0.05) is 12.1 Å². The Bertz CT molecular complexity index is 453. The summed E-state index contributed by atoms with van der Waals surface area (Å²) in [6, 6.07) is 7.78. The maximum absolute atomic E-state index is 12.1. The van der Waals surface area contributed by atoms with Crippen LogP contribution in [0.3, 0.4) is 0 Å². The van der Waals surface area contributed by atoms with E-state index in [-0.39, 0.29) is 18.7 Å². The second kappa shape index (κ2) is 7.33. The highest BCUT2D eigenvalue weighted by Gasteiger charge is 2.26. The van der Waals surface area contributed by atoms with Gasteiger partial charge in [0.15, 0.2) is 0 Å². The summed E-state index contributed by atoms with van der Waals surface area (Å²) in [6.07, 6.45) is -3.58. The van der Waals surface area contributed by atoms with Gasteiger partial charge in [-0.3, -0.25) is 0 Å². The Morgan fingerprint density at radius 1 is 1.23 bits per heavy atom. The Hall–Kier alpha value is -1.27. The maximum Gasteiger partial charge on any atom is 0.390 e. The van der Waals surface area contributed by atoms with Crippen LogP contribution in [-0.2, 0) is 0 Å². The van der Waals surface area contributed by atoms with Crippen molar-refractivity contribution in [1.29, 1.82) is 0 Å². The molecule has 1 atom stereocenters. The standard InChI is InChI=1S/C16H23F3N2O/c1-12(20-9-8-16(17,18)19)13-2-4-14(5-3-13)21-10-6-15(22)7-11-21/h2-5,12,15,20,22H,6-11H2,1H3. The van der Waals surface area contributed by atoms with Crippen LogP contribution in [-0.4, -0.2) is 37.0 Å². The van der Waals surface area contributed by atoms with Gasteiger partial charge in [0.1, 0.15) is 0 Å². The molecule has 1 aliphatic heterocycles. The minimum atomic E-state index is -4.12. The molecule has 1 saturated heterocycles. The van der Waals surface area contributed by atoms with Crippen molar-refractivity contribution in [2.24, 2.45) is 0 Å². The van der Waals surface area contributed by atoms with Gasteiger partial charge in [-0.05, 0) is 37.5 Å². The number of halogens is 3. The molecule has 3 nitrogen and oxygen atoms in total. The van der Waals surface area contributed by atoms with E-state index in [0.29, 0.717) is 0 Å². The fraction of sp³-hybridized carbons (Fsp3) is 0.625. The predicted octanol–water partition coefficient (Wildman–Crippen LogP) is 3.25. The van der Waals surface area contributed by atoms with E-state index in [1.165, 1.54) is 0 Å². The number of nitrogens with one attached hydrogen (secondary N) is 1. The molecular weight excluding hydrogens is 293 g/mol. The Morgan fingerprint density at radius 2 is 1.82 bits per heavy atom. The molecule has 0 aromatic heterocycles. The zero-order chi connectivity index (χ0) is 16.2. The van der Waals surface area contributed by atoms with Gasteiger partial charge in [-0.15, -0.1) is 0 Å². The second-order valence-electron chi connectivity index (χ2n) is 5.85. The number of piperidine rings is 1. The van der Waals surface area contributed by atoms with Gasteiger partial charge in [0, 0.05) is 31.4 Å². The SMILES string of the molecule is CC(NCCC(F)(F)F)c1ccc(N2CCC(O)CC2)cc1. The first-order valence-electron chi connectivity index (χ1n) is 7.68. The van der Waals surface area contributed by atoms with Gasteiger partial charge < -0.3 is 15.3 Å². The van der Waals surface area contributed by atoms with E-state index in [4.69, 9.17) is 0 Å². The molecule has 0 aliphatic carbocycles. The molecule has 1 heterocycles. The molecule has 6 heteroatoms. The van der Waals surface area contributed by atoms with Crippen molar-refractivity contribution in [2.75, 3.05) is 24.5 Å². The molecule has 0 radical (unpaired) electrons. The van der Waals surface area contributed by atoms with E-state index in [2.05, 4.69) is 10.2 Å². The lowest BCUT2D eigenvalue weighted by Crippen LogP contribution is -2.35. The number of benzene rings is 1. The van der Waals surface area contributed by atoms with Crippen LogP contribution in [0.4, 0.5) is 18.9 Å². The van der Waals surface area contributed by atoms with Crippen LogP contribution in [0.25, 0.3) is 0 Å². The maximum atomic E-state index is 12.1. The lowest BCUT2D eigenvalue weighted by molar-refractivity contribution is -0.133. The number of aliphatic hydroxyl groups excluding tert-OH is 1. The van der Waals surface area contributed by atoms with Gasteiger partial charge in [0.2, 0.25) is 0 Å². The van der Waals surface area contributed by atoms with Crippen LogP contribution < -0.4 is 10.2 Å². The fourth-order valence-corrected chi connectivity index (χ4v) is 2.65. The van der Waals surface area contributed by atoms with Crippen LogP contribution in [0.5, 0.6) is 0 Å². The number of rotatable bonds is 5. The minimum Gasteiger partial charge on any atom is -0.393 e. The van der Waals surface area contributed by atoms with Crippen molar-refractivity contribution in [3.63, 3.8) is 0 Å². The first-order chi connectivity index (χ1) is 10.3. The van der Waals surface area contributed by atoms with Crippen molar-refractivity contribution in [3.05, 3.63) is 29.8 Å². The molecule has 2 N–H and O–H groups in total. The molecule has 0 saturated carbocycles. The first-order valence-corrected chi connectivity index (χ1v) is 7.68. The molecule has 1 aromatic rings. The summed E-state index contributed by atoms with van der Waals surface area (Å²) in [4.78, 5) is 2.22. The van der Waals surface area contributed by atoms with Gasteiger partial charge in [0.05, 0.1) is 12.5 Å². The molecule has 1 fully saturated rings. The number of anilines is 1. The zero-order valence-corrected chi connectivity index (χ0v) is 12.7. The molecule has 22 heavy (non-hydrogen) atoms. The molecular formula is C16H23F3N2O. The third kappa shape index (κ3) is 5.18. The monoisotopic (exact) mass is 316 g/mol. The van der Waals surface area contributed by atoms with Gasteiger partial charge in [-0.2, -0.15) is 13.2 Å². The predicted molar refractivity (Wildman–Crippen MR) is 81.0 cm³/mol. The number of hydrogen-bond donors (Lipinski definition) is 2. The lowest BCUT2D eigenvalue weighted by atomic mass is 10.0. The largest absolute Gasteiger partial charge is 0.393 e. The van der Waals surface area contributed by atoms with Crippen molar-refractivity contribution in [1.82, 2.24) is 5.32 Å². The molecule has 1 unspecified atom stereocenters. The number of hydrogen-bond acceptors (Lipinski definition) is 3. The lowest BCUT2D eigenvalue weighted by Gasteiger charge is -2.31. The van der Waals surface area contributed by atoms with E-state index in [1.54, 1.807) is 0 Å². The van der Waals surface area contributed by atoms with E-state index in [9.17, 15) is 18.3 Å². The number of alkyl halides is 3. The van der Waals surface area contributed by atoms with Crippen molar-refractivity contribution < 1.29 is 18.3 Å². The highest BCUT2D eigenvalue weighted by molar-refractivity contribution is 5.48. The Balaban J connectivity index is 1.85. The summed E-state index contributed by atoms with van der Waals surface area (Å²) in [5, 5.41) is 12.4. The average molecular weight is 316 g/mol. The molecule has 0 amide bonds. The van der Waals surface area contributed by atoms with Crippen molar-refractivity contribution in [3.8, 4) is 0 Å². The Kier molecular flexibility index (Phi) is 5.69. The molecule has 1 aliphatic rings. The van der Waals surface area contributed by atoms with Crippen LogP contribution >= 0.6 is 0 Å². The fourth-order valence-electron chi connectivity index (χ4n) is 2.65. The number of aliphatic hydroxyl groups is 1. The van der Waals surface area contributed by atoms with E-state index < -0.39 is 12.6 Å². The van der Waals surface area contributed by atoms with E-state index in [0.717, 1.165) is 37.2 Å². The Labute approximate surface area is 129 Å². The topological polar surface area (TPSA) is 35.5 Å². The Morgan fingerprint density at radius 3 is 2.36 bits per heavy atom. The van der Waals surface area contributed by atoms with Crippen molar-refractivity contribution >= 4 is 5.69 Å². The van der Waals surface area contributed by atoms with Crippen LogP contribution in [0.2, 0.25) is 0 Å². The van der Waals surface area contributed by atoms with Gasteiger partial charge in [0.25, 0.3) is 0 Å². The number of nitrogens with zero attached hydrogens (tertiary/aromatic N) is 1. The third-order valence-electron chi connectivity index (χ3n) is 4.08. The normalized spacial score (nSPS) is 18.5.